The topological polar surface area (TPSA) is 79.5 Å². The minimum absolute atomic E-state index is 0. The van der Waals surface area contributed by atoms with Gasteiger partial charge in [0.1, 0.15) is 0 Å². The Morgan fingerprint density at radius 2 is 2.11 bits per heavy atom. The Hall–Kier alpha value is 0.0800. The normalized spacial score (nSPS) is 24.2. The van der Waals surface area contributed by atoms with Crippen molar-refractivity contribution in [3.63, 3.8) is 0 Å². The van der Waals surface area contributed by atoms with E-state index in [2.05, 4.69) is 14.8 Å². The van der Waals surface area contributed by atoms with Gasteiger partial charge in [0, 0.05) is 19.7 Å². The van der Waals surface area contributed by atoms with E-state index in [9.17, 15) is 8.42 Å². The molecule has 1 aliphatic rings. The van der Waals surface area contributed by atoms with Crippen LogP contribution in [0.1, 0.15) is 26.7 Å². The lowest BCUT2D eigenvalue weighted by atomic mass is 9.99. The summed E-state index contributed by atoms with van der Waals surface area (Å²) in [6.07, 6.45) is 1.97. The third kappa shape index (κ3) is 5.81. The smallest absolute Gasteiger partial charge is 0.277 e. The lowest BCUT2D eigenvalue weighted by Crippen LogP contribution is -2.55. The van der Waals surface area contributed by atoms with Crippen LogP contribution in [0.4, 0.5) is 0 Å². The number of methoxy groups -OCH3 is 1. The molecule has 1 saturated heterocycles. The number of ether oxygens (including phenoxy) is 1. The summed E-state index contributed by atoms with van der Waals surface area (Å²) < 4.78 is 33.5. The van der Waals surface area contributed by atoms with Crippen LogP contribution in [0.3, 0.4) is 0 Å². The third-order valence-corrected chi connectivity index (χ3v) is 4.05. The van der Waals surface area contributed by atoms with Crippen LogP contribution in [-0.2, 0) is 14.9 Å². The first-order valence-electron chi connectivity index (χ1n) is 5.90. The fourth-order valence-electron chi connectivity index (χ4n) is 2.06. The average Bonchev–Trinajstić information content (AvgIpc) is 2.63. The first-order valence-corrected chi connectivity index (χ1v) is 7.38. The van der Waals surface area contributed by atoms with Gasteiger partial charge >= 0.3 is 0 Å². The summed E-state index contributed by atoms with van der Waals surface area (Å²) >= 11 is 0. The Labute approximate surface area is 116 Å². The van der Waals surface area contributed by atoms with Gasteiger partial charge in [-0.15, -0.1) is 12.4 Å². The monoisotopic (exact) mass is 301 g/mol. The van der Waals surface area contributed by atoms with Crippen LogP contribution in [0.15, 0.2) is 0 Å². The van der Waals surface area contributed by atoms with Crippen molar-refractivity contribution in [2.24, 2.45) is 0 Å². The van der Waals surface area contributed by atoms with Gasteiger partial charge in [0.2, 0.25) is 0 Å². The molecule has 6 nitrogen and oxygen atoms in total. The van der Waals surface area contributed by atoms with Crippen molar-refractivity contribution in [2.45, 2.75) is 38.3 Å². The molecule has 0 aromatic carbocycles. The lowest BCUT2D eigenvalue weighted by Gasteiger charge is -2.29. The van der Waals surface area contributed by atoms with E-state index in [-0.39, 0.29) is 24.0 Å². The van der Waals surface area contributed by atoms with Crippen LogP contribution in [-0.4, -0.2) is 46.8 Å². The molecule has 0 radical (unpaired) electrons. The molecule has 0 aliphatic carbocycles. The second-order valence-corrected chi connectivity index (χ2v) is 6.37. The molecular weight excluding hydrogens is 278 g/mol. The summed E-state index contributed by atoms with van der Waals surface area (Å²) in [5.74, 6) is 0. The minimum Gasteiger partial charge on any atom is -0.383 e. The third-order valence-electron chi connectivity index (χ3n) is 2.74. The molecule has 1 fully saturated rings. The summed E-state index contributed by atoms with van der Waals surface area (Å²) in [4.78, 5) is 0. The predicted octanol–water partition coefficient (Wildman–Crippen LogP) is 0.00920. The van der Waals surface area contributed by atoms with Gasteiger partial charge in [-0.2, -0.15) is 13.1 Å². The van der Waals surface area contributed by atoms with Crippen molar-refractivity contribution in [1.82, 2.24) is 14.8 Å². The van der Waals surface area contributed by atoms with Crippen LogP contribution in [0.25, 0.3) is 0 Å². The van der Waals surface area contributed by atoms with Crippen molar-refractivity contribution in [2.75, 3.05) is 26.8 Å². The summed E-state index contributed by atoms with van der Waals surface area (Å²) in [5.41, 5.74) is -0.263. The molecule has 8 heteroatoms. The molecular formula is C10H24ClN3O3S. The molecule has 3 N–H and O–H groups in total. The lowest BCUT2D eigenvalue weighted by molar-refractivity contribution is 0.122. The highest BCUT2D eigenvalue weighted by molar-refractivity contribution is 7.87. The molecule has 1 rings (SSSR count). The first-order chi connectivity index (χ1) is 7.89. The van der Waals surface area contributed by atoms with E-state index in [1.807, 2.05) is 0 Å². The van der Waals surface area contributed by atoms with E-state index in [0.29, 0.717) is 13.2 Å². The maximum absolute atomic E-state index is 11.7. The van der Waals surface area contributed by atoms with E-state index in [1.54, 1.807) is 21.0 Å². The summed E-state index contributed by atoms with van der Waals surface area (Å²) in [6.45, 7) is 5.35. The molecule has 0 amide bonds. The zero-order valence-electron chi connectivity index (χ0n) is 11.2. The fraction of sp³-hybridized carbons (Fsp3) is 1.00. The molecule has 0 saturated carbocycles. The van der Waals surface area contributed by atoms with Crippen molar-refractivity contribution in [3.8, 4) is 0 Å². The van der Waals surface area contributed by atoms with Gasteiger partial charge in [-0.05, 0) is 33.2 Å². The highest BCUT2D eigenvalue weighted by atomic mass is 35.5. The number of hydrogen-bond donors (Lipinski definition) is 3. The highest BCUT2D eigenvalue weighted by Gasteiger charge is 2.34. The second kappa shape index (κ2) is 7.62. The van der Waals surface area contributed by atoms with Crippen LogP contribution in [0.5, 0.6) is 0 Å². The quantitative estimate of drug-likeness (QED) is 0.619. The van der Waals surface area contributed by atoms with Crippen LogP contribution >= 0.6 is 12.4 Å². The minimum atomic E-state index is -3.42. The van der Waals surface area contributed by atoms with Crippen LogP contribution < -0.4 is 14.8 Å². The predicted molar refractivity (Wildman–Crippen MR) is 74.3 cm³/mol. The Bertz CT molecular complexity index is 329. The van der Waals surface area contributed by atoms with Gasteiger partial charge in [-0.25, -0.2) is 4.72 Å². The molecule has 0 spiro atoms. The van der Waals surface area contributed by atoms with Gasteiger partial charge in [0.15, 0.2) is 0 Å². The van der Waals surface area contributed by atoms with Gasteiger partial charge in [-0.3, -0.25) is 0 Å². The average molecular weight is 302 g/mol. The highest BCUT2D eigenvalue weighted by Crippen LogP contribution is 2.18. The Kier molecular flexibility index (Phi) is 7.65. The van der Waals surface area contributed by atoms with Crippen LogP contribution in [0.2, 0.25) is 0 Å². The summed E-state index contributed by atoms with van der Waals surface area (Å²) in [6, 6.07) is -0.109. The first kappa shape index (κ1) is 18.1. The molecule has 0 bridgehead atoms. The van der Waals surface area contributed by atoms with E-state index in [0.717, 1.165) is 19.4 Å². The zero-order valence-corrected chi connectivity index (χ0v) is 12.8. The molecule has 1 heterocycles. The Morgan fingerprint density at radius 3 is 2.56 bits per heavy atom. The van der Waals surface area contributed by atoms with E-state index in [4.69, 9.17) is 4.74 Å². The van der Waals surface area contributed by atoms with Crippen LogP contribution in [0, 0.1) is 0 Å². The number of halogens is 1. The van der Waals surface area contributed by atoms with Crippen molar-refractivity contribution >= 4 is 22.6 Å². The molecule has 0 aromatic rings. The fourth-order valence-corrected chi connectivity index (χ4v) is 3.23. The van der Waals surface area contributed by atoms with Crippen molar-refractivity contribution in [3.05, 3.63) is 0 Å². The Balaban J connectivity index is 0.00000289. The number of hydrogen-bond acceptors (Lipinski definition) is 4. The zero-order chi connectivity index (χ0) is 12.9. The largest absolute Gasteiger partial charge is 0.383 e. The van der Waals surface area contributed by atoms with E-state index >= 15 is 0 Å². The molecule has 1 unspecified atom stereocenters. The molecule has 18 heavy (non-hydrogen) atoms. The number of nitrogens with one attached hydrogen (secondary N) is 3. The maximum atomic E-state index is 11.7. The van der Waals surface area contributed by atoms with Gasteiger partial charge in [-0.1, -0.05) is 0 Å². The Morgan fingerprint density at radius 1 is 1.44 bits per heavy atom. The van der Waals surface area contributed by atoms with Gasteiger partial charge < -0.3 is 10.1 Å². The van der Waals surface area contributed by atoms with Gasteiger partial charge in [0.05, 0.1) is 12.1 Å². The van der Waals surface area contributed by atoms with E-state index < -0.39 is 10.2 Å². The summed E-state index contributed by atoms with van der Waals surface area (Å²) in [7, 11) is -1.79. The maximum Gasteiger partial charge on any atom is 0.277 e. The van der Waals surface area contributed by atoms with Gasteiger partial charge in [0.25, 0.3) is 10.2 Å². The standard InChI is InChI=1S/C10H23N3O3S.ClH/c1-9(2)13-17(14,15)12-7-10(8-16-3)5-4-6-11-10;/h9,11-13H,4-8H2,1-3H3;1H. The molecule has 1 aliphatic heterocycles. The van der Waals surface area contributed by atoms with Crippen molar-refractivity contribution < 1.29 is 13.2 Å². The summed E-state index contributed by atoms with van der Waals surface area (Å²) in [5, 5.41) is 3.32. The molecule has 110 valence electrons. The molecule has 1 atom stereocenters. The van der Waals surface area contributed by atoms with E-state index in [1.165, 1.54) is 0 Å². The number of rotatable bonds is 7. The molecule has 0 aromatic heterocycles. The SMILES string of the molecule is COCC1(CNS(=O)(=O)NC(C)C)CCCN1.Cl. The van der Waals surface area contributed by atoms with Crippen molar-refractivity contribution in [1.29, 1.82) is 0 Å². The second-order valence-electron chi connectivity index (χ2n) is 4.84.